The largest absolute Gasteiger partial charge is 0.309 e. The van der Waals surface area contributed by atoms with Crippen molar-refractivity contribution in [3.8, 4) is 34.9 Å². The lowest BCUT2D eigenvalue weighted by Gasteiger charge is -2.28. The molecule has 0 saturated carbocycles. The zero-order chi connectivity index (χ0) is 41.1. The number of hydrogen-bond acceptors (Lipinski definition) is 2. The maximum atomic E-state index is 11.9. The van der Waals surface area contributed by atoms with E-state index in [4.69, 9.17) is 0 Å². The van der Waals surface area contributed by atoms with Crippen molar-refractivity contribution >= 4 is 82.4 Å². The average Bonchev–Trinajstić information content (AvgIpc) is 4.06. The molecule has 62 heavy (non-hydrogen) atoms. The maximum Gasteiger partial charge on any atom is 0.103 e. The van der Waals surface area contributed by atoms with E-state index in [1.165, 1.54) is 11.3 Å². The van der Waals surface area contributed by atoms with Crippen LogP contribution in [0.5, 0.6) is 0 Å². The number of para-hydroxylation sites is 7. The third-order valence-electron chi connectivity index (χ3n) is 13.1. The molecule has 0 N–H and O–H groups in total. The van der Waals surface area contributed by atoms with Crippen molar-refractivity contribution in [1.29, 1.82) is 10.5 Å². The van der Waals surface area contributed by atoms with Gasteiger partial charge in [-0.2, -0.15) is 10.5 Å². The van der Waals surface area contributed by atoms with Gasteiger partial charge in [0.25, 0.3) is 0 Å². The molecule has 1 aliphatic rings. The van der Waals surface area contributed by atoms with Crippen molar-refractivity contribution < 1.29 is 0 Å². The molecule has 13 rings (SSSR count). The predicted molar refractivity (Wildman–Crippen MR) is 253 cm³/mol. The molecule has 4 aromatic heterocycles. The van der Waals surface area contributed by atoms with Gasteiger partial charge in [0.1, 0.15) is 12.1 Å². The second-order valence-corrected chi connectivity index (χ2v) is 16.1. The van der Waals surface area contributed by atoms with Gasteiger partial charge in [-0.05, 0) is 55.3 Å². The number of fused-ring (bicyclic) bond motifs is 12. The first-order valence-corrected chi connectivity index (χ1v) is 21.1. The van der Waals surface area contributed by atoms with E-state index in [-0.39, 0.29) is 0 Å². The Labute approximate surface area is 355 Å². The number of rotatable bonds is 4. The van der Waals surface area contributed by atoms with E-state index >= 15 is 0 Å². The Balaban J connectivity index is 1.40. The minimum absolute atomic E-state index is 0.307. The van der Waals surface area contributed by atoms with Gasteiger partial charge in [0.05, 0.1) is 72.5 Å². The average molecular weight is 791 g/mol. The van der Waals surface area contributed by atoms with Crippen LogP contribution >= 0.6 is 0 Å². The molecule has 0 unspecified atom stereocenters. The second kappa shape index (κ2) is 13.0. The zero-order valence-corrected chi connectivity index (χ0v) is 33.4. The SMILES string of the molecule is N#Cc1c(C#N)c(-n2c3ccccc3c3ccccc32)c(-n2c3ccccc3c3ccccc32)c(-n2c3c(c4ccccc42)C=CCC3)c1-n1c2ccccc2c2ccccc21. The summed E-state index contributed by atoms with van der Waals surface area (Å²) in [5.74, 6) is 0. The van der Waals surface area contributed by atoms with Gasteiger partial charge < -0.3 is 18.3 Å². The Kier molecular flexibility index (Phi) is 7.17. The van der Waals surface area contributed by atoms with Crippen LogP contribution in [0.25, 0.3) is 105 Å². The van der Waals surface area contributed by atoms with E-state index < -0.39 is 0 Å². The molecule has 0 aliphatic heterocycles. The molecule has 4 heterocycles. The van der Waals surface area contributed by atoms with Gasteiger partial charge in [-0.15, -0.1) is 0 Å². The molecule has 0 fully saturated rings. The van der Waals surface area contributed by atoms with Gasteiger partial charge in [0.15, 0.2) is 0 Å². The number of nitrogens with zero attached hydrogens (tertiary/aromatic N) is 6. The van der Waals surface area contributed by atoms with Crippen LogP contribution in [-0.4, -0.2) is 18.3 Å². The van der Waals surface area contributed by atoms with Crippen molar-refractivity contribution in [2.75, 3.05) is 0 Å². The zero-order valence-electron chi connectivity index (χ0n) is 33.4. The number of allylic oxidation sites excluding steroid dienone is 1. The molecule has 0 saturated heterocycles. The number of aromatic nitrogens is 4. The molecule has 0 atom stereocenters. The fourth-order valence-corrected chi connectivity index (χ4v) is 10.7. The summed E-state index contributed by atoms with van der Waals surface area (Å²) in [7, 11) is 0. The van der Waals surface area contributed by atoms with E-state index in [0.717, 1.165) is 101 Å². The van der Waals surface area contributed by atoms with Gasteiger partial charge in [-0.3, -0.25) is 0 Å². The van der Waals surface area contributed by atoms with Crippen LogP contribution in [0.1, 0.15) is 28.8 Å². The summed E-state index contributed by atoms with van der Waals surface area (Å²) >= 11 is 0. The van der Waals surface area contributed by atoms with Gasteiger partial charge in [-0.25, -0.2) is 0 Å². The molecular formula is C56H34N6. The summed E-state index contributed by atoms with van der Waals surface area (Å²) in [6.07, 6.45) is 6.21. The van der Waals surface area contributed by atoms with Crippen LogP contribution in [0.15, 0.2) is 176 Å². The molecule has 1 aliphatic carbocycles. The van der Waals surface area contributed by atoms with Gasteiger partial charge >= 0.3 is 0 Å². The van der Waals surface area contributed by atoms with Crippen LogP contribution in [0.3, 0.4) is 0 Å². The Morgan fingerprint density at radius 3 is 0.984 bits per heavy atom. The van der Waals surface area contributed by atoms with Crippen LogP contribution < -0.4 is 0 Å². The summed E-state index contributed by atoms with van der Waals surface area (Å²) in [6.45, 7) is 0. The Morgan fingerprint density at radius 2 is 0.629 bits per heavy atom. The smallest absolute Gasteiger partial charge is 0.103 e. The molecule has 8 aromatic carbocycles. The maximum absolute atomic E-state index is 11.9. The summed E-state index contributed by atoms with van der Waals surface area (Å²) in [5, 5.41) is 31.4. The summed E-state index contributed by atoms with van der Waals surface area (Å²) in [4.78, 5) is 0. The highest BCUT2D eigenvalue weighted by Crippen LogP contribution is 2.49. The minimum atomic E-state index is 0.307. The molecule has 0 spiro atoms. The fraction of sp³-hybridized carbons (Fsp3) is 0.0357. The number of hydrogen-bond donors (Lipinski definition) is 0. The number of nitriles is 2. The Bertz CT molecular complexity index is 3860. The third-order valence-corrected chi connectivity index (χ3v) is 13.1. The van der Waals surface area contributed by atoms with Gasteiger partial charge in [-0.1, -0.05) is 140 Å². The minimum Gasteiger partial charge on any atom is -0.309 e. The van der Waals surface area contributed by atoms with Crippen LogP contribution in [-0.2, 0) is 6.42 Å². The highest BCUT2D eigenvalue weighted by molar-refractivity contribution is 6.14. The molecule has 12 aromatic rings. The highest BCUT2D eigenvalue weighted by Gasteiger charge is 2.35. The van der Waals surface area contributed by atoms with E-state index in [9.17, 15) is 10.5 Å². The monoisotopic (exact) mass is 790 g/mol. The van der Waals surface area contributed by atoms with Crippen molar-refractivity contribution in [1.82, 2.24) is 18.3 Å². The molecule has 0 amide bonds. The first-order valence-electron chi connectivity index (χ1n) is 21.1. The molecular weight excluding hydrogens is 757 g/mol. The van der Waals surface area contributed by atoms with Crippen molar-refractivity contribution in [3.63, 3.8) is 0 Å². The first-order chi connectivity index (χ1) is 30.8. The van der Waals surface area contributed by atoms with Gasteiger partial charge in [0, 0.05) is 49.0 Å². The quantitative estimate of drug-likeness (QED) is 0.178. The third kappa shape index (κ3) is 4.45. The summed E-state index contributed by atoms with van der Waals surface area (Å²) < 4.78 is 9.32. The first kappa shape index (κ1) is 34.3. The van der Waals surface area contributed by atoms with Crippen LogP contribution in [0, 0.1) is 22.7 Å². The predicted octanol–water partition coefficient (Wildman–Crippen LogP) is 13.6. The van der Waals surface area contributed by atoms with E-state index in [1.807, 2.05) is 0 Å². The van der Waals surface area contributed by atoms with Crippen LogP contribution in [0.2, 0.25) is 0 Å². The standard InChI is InChI=1S/C56H34N6/c57-33-43-44(34-58)54(60-47-27-11-3-19-37(47)38-20-4-12-28-48(38)60)56(62-51-31-15-7-23-41(51)42-24-8-16-32-52(42)62)55(61-49-29-13-5-21-39(49)40-22-6-14-30-50(40)61)53(43)59-45-25-9-1-17-35(45)36-18-2-10-26-46(36)59/h1-15,17-31H,16,32H2. The highest BCUT2D eigenvalue weighted by atomic mass is 15.1. The van der Waals surface area contributed by atoms with Crippen molar-refractivity contribution in [2.45, 2.75) is 12.8 Å². The molecule has 6 nitrogen and oxygen atoms in total. The second-order valence-electron chi connectivity index (χ2n) is 16.1. The van der Waals surface area contributed by atoms with Crippen molar-refractivity contribution in [3.05, 3.63) is 198 Å². The summed E-state index contributed by atoms with van der Waals surface area (Å²) in [5.41, 5.74) is 12.8. The molecule has 0 bridgehead atoms. The Hall–Kier alpha value is -8.58. The van der Waals surface area contributed by atoms with Crippen molar-refractivity contribution in [2.24, 2.45) is 0 Å². The topological polar surface area (TPSA) is 67.3 Å². The molecule has 0 radical (unpaired) electrons. The van der Waals surface area contributed by atoms with E-state index in [2.05, 4.69) is 212 Å². The summed E-state index contributed by atoms with van der Waals surface area (Å²) in [6, 6.07) is 64.9. The normalized spacial score (nSPS) is 12.6. The Morgan fingerprint density at radius 1 is 0.339 bits per heavy atom. The van der Waals surface area contributed by atoms with E-state index in [0.29, 0.717) is 22.5 Å². The lowest BCUT2D eigenvalue weighted by atomic mass is 9.97. The van der Waals surface area contributed by atoms with Crippen LogP contribution in [0.4, 0.5) is 0 Å². The van der Waals surface area contributed by atoms with Gasteiger partial charge in [0.2, 0.25) is 0 Å². The number of benzene rings is 8. The lowest BCUT2D eigenvalue weighted by Crippen LogP contribution is -2.18. The van der Waals surface area contributed by atoms with E-state index in [1.54, 1.807) is 0 Å². The lowest BCUT2D eigenvalue weighted by molar-refractivity contribution is 0.874. The molecule has 6 heteroatoms. The molecule has 288 valence electrons. The fourth-order valence-electron chi connectivity index (χ4n) is 10.7.